The summed E-state index contributed by atoms with van der Waals surface area (Å²) >= 11 is 0. The fraction of sp³-hybridized carbons (Fsp3) is 0.0909. The second kappa shape index (κ2) is 4.44. The Morgan fingerprint density at radius 3 is 2.53 bits per heavy atom. The molecule has 0 aliphatic carbocycles. The maximum absolute atomic E-state index is 9.53. The van der Waals surface area contributed by atoms with Gasteiger partial charge in [-0.1, -0.05) is 42.5 Å². The minimum absolute atomic E-state index is 0.676. The summed E-state index contributed by atoms with van der Waals surface area (Å²) in [4.78, 5) is 9.05. The van der Waals surface area contributed by atoms with E-state index >= 15 is 0 Å². The molecule has 0 amide bonds. The second-order valence-electron chi connectivity index (χ2n) is 3.22. The quantitative estimate of drug-likeness (QED) is 0.460. The number of fused-ring (bicyclic) bond motifs is 1. The molecule has 0 atom stereocenters. The summed E-state index contributed by atoms with van der Waals surface area (Å²) in [7, 11) is 0.323. The van der Waals surface area contributed by atoms with E-state index in [-0.39, 0.29) is 0 Å². The molecule has 2 aromatic carbocycles. The summed E-state index contributed by atoms with van der Waals surface area (Å²) in [6, 6.07) is 13.6. The van der Waals surface area contributed by atoms with E-state index in [1.807, 2.05) is 42.5 Å². The molecule has 0 heterocycles. The van der Waals surface area contributed by atoms with Crippen molar-refractivity contribution in [3.63, 3.8) is 0 Å². The van der Waals surface area contributed by atoms with Crippen LogP contribution in [0.25, 0.3) is 10.8 Å². The standard InChI is InChI=1S/C11H11BO3/c1-14-15-12(13)11-7-6-9-4-2-3-5-10(9)8-11/h2-8,13H,1H3. The third-order valence-corrected chi connectivity index (χ3v) is 2.25. The molecule has 0 aliphatic heterocycles. The van der Waals surface area contributed by atoms with Crippen molar-refractivity contribution in [2.45, 2.75) is 0 Å². The molecule has 15 heavy (non-hydrogen) atoms. The minimum Gasteiger partial charge on any atom is -0.422 e. The molecule has 0 aromatic heterocycles. The summed E-state index contributed by atoms with van der Waals surface area (Å²) in [6.07, 6.45) is 0. The molecule has 0 bridgehead atoms. The molecule has 0 spiro atoms. The topological polar surface area (TPSA) is 38.7 Å². The van der Waals surface area contributed by atoms with Crippen molar-refractivity contribution in [1.82, 2.24) is 0 Å². The van der Waals surface area contributed by atoms with E-state index in [0.717, 1.165) is 10.8 Å². The lowest BCUT2D eigenvalue weighted by atomic mass is 9.79. The largest absolute Gasteiger partial charge is 0.523 e. The van der Waals surface area contributed by atoms with Gasteiger partial charge in [0.2, 0.25) is 0 Å². The van der Waals surface area contributed by atoms with Crippen LogP contribution in [-0.4, -0.2) is 19.3 Å². The Bertz CT molecular complexity index is 458. The predicted molar refractivity (Wildman–Crippen MR) is 59.6 cm³/mol. The van der Waals surface area contributed by atoms with Crippen LogP contribution in [-0.2, 0) is 9.69 Å². The van der Waals surface area contributed by atoms with Gasteiger partial charge in [-0.15, -0.1) is 0 Å². The Balaban J connectivity index is 2.38. The van der Waals surface area contributed by atoms with E-state index < -0.39 is 7.12 Å². The normalized spacial score (nSPS) is 10.5. The van der Waals surface area contributed by atoms with Crippen molar-refractivity contribution in [1.29, 1.82) is 0 Å². The molecule has 76 valence electrons. The van der Waals surface area contributed by atoms with Crippen molar-refractivity contribution in [3.05, 3.63) is 42.5 Å². The van der Waals surface area contributed by atoms with Crippen LogP contribution in [0, 0.1) is 0 Å². The third kappa shape index (κ3) is 2.18. The monoisotopic (exact) mass is 202 g/mol. The zero-order chi connectivity index (χ0) is 10.7. The molecule has 0 saturated carbocycles. The Morgan fingerprint density at radius 2 is 1.80 bits per heavy atom. The fourth-order valence-electron chi connectivity index (χ4n) is 1.51. The molecule has 2 aromatic rings. The van der Waals surface area contributed by atoms with Crippen molar-refractivity contribution in [3.8, 4) is 0 Å². The molecule has 0 unspecified atom stereocenters. The van der Waals surface area contributed by atoms with Crippen LogP contribution in [0.1, 0.15) is 0 Å². The molecule has 2 rings (SSSR count). The van der Waals surface area contributed by atoms with E-state index in [4.69, 9.17) is 0 Å². The maximum Gasteiger partial charge on any atom is 0.523 e. The number of benzene rings is 2. The average molecular weight is 202 g/mol. The van der Waals surface area contributed by atoms with Gasteiger partial charge in [-0.25, -0.2) is 0 Å². The predicted octanol–water partition coefficient (Wildman–Crippen LogP) is 1.11. The lowest BCUT2D eigenvalue weighted by Gasteiger charge is -2.06. The van der Waals surface area contributed by atoms with Crippen LogP contribution in [0.4, 0.5) is 0 Å². The molecule has 0 saturated heterocycles. The first-order valence-corrected chi connectivity index (χ1v) is 4.67. The van der Waals surface area contributed by atoms with Crippen LogP contribution < -0.4 is 5.46 Å². The third-order valence-electron chi connectivity index (χ3n) is 2.25. The molecular formula is C11H11BO3. The second-order valence-corrected chi connectivity index (χ2v) is 3.22. The summed E-state index contributed by atoms with van der Waals surface area (Å²) < 4.78 is 0. The van der Waals surface area contributed by atoms with Gasteiger partial charge in [0.15, 0.2) is 0 Å². The first-order valence-electron chi connectivity index (χ1n) is 4.67. The summed E-state index contributed by atoms with van der Waals surface area (Å²) in [6.45, 7) is 0. The van der Waals surface area contributed by atoms with Gasteiger partial charge in [0, 0.05) is 0 Å². The van der Waals surface area contributed by atoms with Crippen LogP contribution in [0.3, 0.4) is 0 Å². The lowest BCUT2D eigenvalue weighted by Crippen LogP contribution is -2.33. The fourth-order valence-corrected chi connectivity index (χ4v) is 1.51. The zero-order valence-electron chi connectivity index (χ0n) is 8.38. The number of rotatable bonds is 3. The van der Waals surface area contributed by atoms with Gasteiger partial charge >= 0.3 is 7.12 Å². The summed E-state index contributed by atoms with van der Waals surface area (Å²) in [5.74, 6) is 0. The van der Waals surface area contributed by atoms with E-state index in [1.54, 1.807) is 0 Å². The number of hydrogen-bond donors (Lipinski definition) is 1. The summed E-state index contributed by atoms with van der Waals surface area (Å²) in [5, 5.41) is 11.7. The van der Waals surface area contributed by atoms with E-state index in [0.29, 0.717) is 5.46 Å². The van der Waals surface area contributed by atoms with Gasteiger partial charge in [0.1, 0.15) is 0 Å². The van der Waals surface area contributed by atoms with Crippen molar-refractivity contribution >= 4 is 23.4 Å². The van der Waals surface area contributed by atoms with E-state index in [1.165, 1.54) is 7.11 Å². The van der Waals surface area contributed by atoms with Crippen molar-refractivity contribution < 1.29 is 14.7 Å². The Morgan fingerprint density at radius 1 is 1.07 bits per heavy atom. The molecule has 1 N–H and O–H groups in total. The van der Waals surface area contributed by atoms with Crippen molar-refractivity contribution in [2.75, 3.05) is 7.11 Å². The average Bonchev–Trinajstić information content (AvgIpc) is 2.29. The van der Waals surface area contributed by atoms with Gasteiger partial charge in [-0.05, 0) is 16.2 Å². The Labute approximate surface area is 88.3 Å². The highest BCUT2D eigenvalue weighted by Crippen LogP contribution is 2.11. The SMILES string of the molecule is COOB(O)c1ccc2ccccc2c1. The van der Waals surface area contributed by atoms with Crippen LogP contribution in [0.5, 0.6) is 0 Å². The Hall–Kier alpha value is -1.36. The van der Waals surface area contributed by atoms with Gasteiger partial charge in [0.05, 0.1) is 7.11 Å². The maximum atomic E-state index is 9.53. The van der Waals surface area contributed by atoms with Crippen LogP contribution >= 0.6 is 0 Å². The summed E-state index contributed by atoms with van der Waals surface area (Å²) in [5.41, 5.74) is 0.676. The first kappa shape index (κ1) is 10.2. The van der Waals surface area contributed by atoms with Crippen LogP contribution in [0.2, 0.25) is 0 Å². The number of hydrogen-bond acceptors (Lipinski definition) is 3. The van der Waals surface area contributed by atoms with Gasteiger partial charge in [-0.3, -0.25) is 9.69 Å². The van der Waals surface area contributed by atoms with Gasteiger partial charge in [-0.2, -0.15) is 0 Å². The molecule has 0 radical (unpaired) electrons. The molecular weight excluding hydrogens is 191 g/mol. The molecule has 0 aliphatic rings. The molecule has 4 heteroatoms. The Kier molecular flexibility index (Phi) is 3.01. The van der Waals surface area contributed by atoms with E-state index in [9.17, 15) is 5.02 Å². The molecule has 0 fully saturated rings. The lowest BCUT2D eigenvalue weighted by molar-refractivity contribution is -0.193. The minimum atomic E-state index is -1.04. The van der Waals surface area contributed by atoms with Gasteiger partial charge < -0.3 is 5.02 Å². The highest BCUT2D eigenvalue weighted by atomic mass is 17.2. The first-order chi connectivity index (χ1) is 7.31. The zero-order valence-corrected chi connectivity index (χ0v) is 8.38. The van der Waals surface area contributed by atoms with Crippen LogP contribution in [0.15, 0.2) is 42.5 Å². The van der Waals surface area contributed by atoms with Gasteiger partial charge in [0.25, 0.3) is 0 Å². The van der Waals surface area contributed by atoms with Crippen molar-refractivity contribution in [2.24, 2.45) is 0 Å². The highest BCUT2D eigenvalue weighted by Gasteiger charge is 2.17. The smallest absolute Gasteiger partial charge is 0.422 e. The molecule has 3 nitrogen and oxygen atoms in total. The van der Waals surface area contributed by atoms with E-state index in [2.05, 4.69) is 9.69 Å². The highest BCUT2D eigenvalue weighted by molar-refractivity contribution is 6.60.